The molecule has 0 amide bonds. The van der Waals surface area contributed by atoms with Gasteiger partial charge in [0.15, 0.2) is 11.5 Å². The highest BCUT2D eigenvalue weighted by Crippen LogP contribution is 2.39. The van der Waals surface area contributed by atoms with E-state index in [0.717, 1.165) is 16.8 Å². The summed E-state index contributed by atoms with van der Waals surface area (Å²) in [7, 11) is -1.27. The molecule has 0 radical (unpaired) electrons. The van der Waals surface area contributed by atoms with Crippen LogP contribution >= 0.6 is 23.2 Å². The summed E-state index contributed by atoms with van der Waals surface area (Å²) in [5, 5.41) is 5.63. The fraction of sp³-hybridized carbons (Fsp3) is 0.421. The molecule has 0 aliphatic rings. The summed E-state index contributed by atoms with van der Waals surface area (Å²) in [5.74, 6) is -1.25. The molecule has 2 aromatic heterocycles. The molecule has 0 spiro atoms. The Morgan fingerprint density at radius 1 is 1.00 bits per heavy atom. The van der Waals surface area contributed by atoms with Crippen LogP contribution < -0.4 is 5.32 Å². The number of anilines is 1. The van der Waals surface area contributed by atoms with Crippen molar-refractivity contribution in [3.05, 3.63) is 39.3 Å². The first-order valence-corrected chi connectivity index (χ1v) is 11.8. The molecule has 0 aliphatic heterocycles. The molecule has 3 rings (SSSR count). The highest BCUT2D eigenvalue weighted by Gasteiger charge is 2.28. The van der Waals surface area contributed by atoms with Crippen LogP contribution in [0, 0.1) is 0 Å². The summed E-state index contributed by atoms with van der Waals surface area (Å²) in [6.45, 7) is 3.46. The maximum absolute atomic E-state index is 13.8. The minimum Gasteiger partial charge on any atom is -0.368 e. The van der Waals surface area contributed by atoms with Crippen LogP contribution in [0.3, 0.4) is 0 Å². The van der Waals surface area contributed by atoms with Crippen molar-refractivity contribution in [2.75, 3.05) is 17.6 Å². The summed E-state index contributed by atoms with van der Waals surface area (Å²) in [6, 6.07) is 1.84. The molecule has 15 heteroatoms. The second-order valence-corrected chi connectivity index (χ2v) is 10.1. The second-order valence-electron chi connectivity index (χ2n) is 7.22. The molecule has 3 aromatic rings. The van der Waals surface area contributed by atoms with Crippen molar-refractivity contribution in [3.8, 4) is 5.69 Å². The van der Waals surface area contributed by atoms with Gasteiger partial charge in [0.2, 0.25) is 0 Å². The van der Waals surface area contributed by atoms with Crippen molar-refractivity contribution in [1.29, 1.82) is 0 Å². The van der Waals surface area contributed by atoms with Crippen LogP contribution in [0.1, 0.15) is 50.2 Å². The number of aromatic nitrogens is 4. The summed E-state index contributed by atoms with van der Waals surface area (Å²) in [4.78, 5) is 6.86. The zero-order valence-electron chi connectivity index (χ0n) is 17.5. The van der Waals surface area contributed by atoms with E-state index in [1.165, 1.54) is 0 Å². The molecule has 6 nitrogen and oxygen atoms in total. The first-order valence-electron chi connectivity index (χ1n) is 9.67. The first kappa shape index (κ1) is 26.5. The minimum atomic E-state index is -3.28. The van der Waals surface area contributed by atoms with Crippen LogP contribution in [0.2, 0.25) is 10.0 Å². The fourth-order valence-corrected chi connectivity index (χ4v) is 4.47. The molecule has 0 fully saturated rings. The molecule has 0 saturated heterocycles. The zero-order chi connectivity index (χ0) is 25.3. The Morgan fingerprint density at radius 2 is 1.62 bits per heavy atom. The number of alkyl halides is 6. The number of rotatable bonds is 9. The van der Waals surface area contributed by atoms with Crippen LogP contribution in [-0.4, -0.2) is 41.5 Å². The van der Waals surface area contributed by atoms with E-state index in [-0.39, 0.29) is 44.5 Å². The molecule has 1 atom stereocenters. The molecule has 34 heavy (non-hydrogen) atoms. The summed E-state index contributed by atoms with van der Waals surface area (Å²) < 4.78 is 93.3. The zero-order valence-corrected chi connectivity index (χ0v) is 19.8. The van der Waals surface area contributed by atoms with Gasteiger partial charge in [0.1, 0.15) is 17.2 Å². The van der Waals surface area contributed by atoms with Crippen molar-refractivity contribution in [2.24, 2.45) is 0 Å². The van der Waals surface area contributed by atoms with Gasteiger partial charge in [-0.25, -0.2) is 41.0 Å². The number of hydrogen-bond acceptors (Lipinski definition) is 5. The second kappa shape index (κ2) is 10.6. The molecular weight excluding hydrogens is 531 g/mol. The van der Waals surface area contributed by atoms with Gasteiger partial charge < -0.3 is 5.32 Å². The lowest BCUT2D eigenvalue weighted by Crippen LogP contribution is -2.18. The molecule has 0 aliphatic carbocycles. The van der Waals surface area contributed by atoms with E-state index in [1.54, 1.807) is 13.8 Å². The van der Waals surface area contributed by atoms with E-state index in [4.69, 9.17) is 23.2 Å². The number of halogens is 8. The van der Waals surface area contributed by atoms with E-state index in [1.807, 2.05) is 0 Å². The third kappa shape index (κ3) is 5.41. The normalized spacial score (nSPS) is 13.1. The Balaban J connectivity index is 2.26. The monoisotopic (exact) mass is 547 g/mol. The van der Waals surface area contributed by atoms with E-state index in [2.05, 4.69) is 20.4 Å². The fourth-order valence-electron chi connectivity index (χ4n) is 3.03. The maximum Gasteiger partial charge on any atom is 0.297 e. The molecule has 1 unspecified atom stereocenters. The average Bonchev–Trinajstić information content (AvgIpc) is 3.10. The lowest BCUT2D eigenvalue weighted by Gasteiger charge is -2.15. The third-order valence-electron chi connectivity index (χ3n) is 4.60. The highest BCUT2D eigenvalue weighted by atomic mass is 35.5. The Bertz CT molecular complexity index is 1200. The predicted molar refractivity (Wildman–Crippen MR) is 118 cm³/mol. The van der Waals surface area contributed by atoms with Crippen LogP contribution in [0.25, 0.3) is 16.7 Å². The minimum absolute atomic E-state index is 0.00475. The topological polar surface area (TPSA) is 72.7 Å². The largest absolute Gasteiger partial charge is 0.368 e. The van der Waals surface area contributed by atoms with Gasteiger partial charge in [0, 0.05) is 33.9 Å². The van der Waals surface area contributed by atoms with Gasteiger partial charge in [0.25, 0.3) is 19.3 Å². The van der Waals surface area contributed by atoms with Gasteiger partial charge in [-0.3, -0.25) is 4.21 Å². The van der Waals surface area contributed by atoms with Gasteiger partial charge in [-0.2, -0.15) is 0 Å². The van der Waals surface area contributed by atoms with Crippen LogP contribution in [0.4, 0.5) is 32.2 Å². The number of fused-ring (bicyclic) bond motifs is 1. The van der Waals surface area contributed by atoms with Crippen LogP contribution in [0.15, 0.2) is 12.1 Å². The van der Waals surface area contributed by atoms with E-state index < -0.39 is 52.8 Å². The Hall–Kier alpha value is -2.12. The molecule has 1 N–H and O–H groups in total. The molecule has 2 heterocycles. The van der Waals surface area contributed by atoms with Gasteiger partial charge in [-0.1, -0.05) is 37.0 Å². The molecule has 1 aromatic carbocycles. The van der Waals surface area contributed by atoms with Crippen molar-refractivity contribution in [1.82, 2.24) is 19.7 Å². The summed E-state index contributed by atoms with van der Waals surface area (Å²) >= 11 is 12.3. The predicted octanol–water partition coefficient (Wildman–Crippen LogP) is 6.50. The lowest BCUT2D eigenvalue weighted by molar-refractivity contribution is 0.131. The van der Waals surface area contributed by atoms with E-state index in [0.29, 0.717) is 0 Å². The van der Waals surface area contributed by atoms with E-state index >= 15 is 0 Å². The molecule has 0 bridgehead atoms. The number of benzene rings is 1. The van der Waals surface area contributed by atoms with Gasteiger partial charge in [-0.15, -0.1) is 5.10 Å². The van der Waals surface area contributed by atoms with Gasteiger partial charge in [0.05, 0.1) is 15.4 Å². The third-order valence-corrected chi connectivity index (χ3v) is 6.84. The number of nitrogens with zero attached hydrogens (tertiary/aromatic N) is 4. The van der Waals surface area contributed by atoms with Crippen molar-refractivity contribution < 1.29 is 30.6 Å². The Kier molecular flexibility index (Phi) is 8.30. The lowest BCUT2D eigenvalue weighted by atomic mass is 10.2. The summed E-state index contributed by atoms with van der Waals surface area (Å²) in [5.41, 5.74) is -2.20. The van der Waals surface area contributed by atoms with Gasteiger partial charge in [-0.05, 0) is 12.1 Å². The molecular formula is C19H17Cl2F6N5OS. The van der Waals surface area contributed by atoms with Gasteiger partial charge >= 0.3 is 0 Å². The van der Waals surface area contributed by atoms with Crippen molar-refractivity contribution in [2.45, 2.75) is 38.4 Å². The SMILES string of the molecule is CC(C)S(=O)CCNc1c2c(C(F)F)nc(C(F)F)nc2nn1-c1c(Cl)cc(C(F)F)cc1Cl. The summed E-state index contributed by atoms with van der Waals surface area (Å²) in [6.07, 6.45) is -9.43. The standard InChI is InChI=1S/C19H17Cl2F6N5OS/c1-7(2)34(33)4-3-28-19-11-12(15(24)25)29-18(16(26)27)30-17(11)31-32(19)13-9(20)5-8(14(22)23)6-10(13)21/h5-7,14-16,28H,3-4H2,1-2H3. The smallest absolute Gasteiger partial charge is 0.297 e. The van der Waals surface area contributed by atoms with Crippen molar-refractivity contribution in [3.63, 3.8) is 0 Å². The maximum atomic E-state index is 13.8. The molecule has 186 valence electrons. The quantitative estimate of drug-likeness (QED) is 0.309. The highest BCUT2D eigenvalue weighted by molar-refractivity contribution is 7.85. The van der Waals surface area contributed by atoms with Crippen LogP contribution in [0.5, 0.6) is 0 Å². The average molecular weight is 548 g/mol. The van der Waals surface area contributed by atoms with E-state index in [9.17, 15) is 30.6 Å². The van der Waals surface area contributed by atoms with Crippen molar-refractivity contribution >= 4 is 50.9 Å². The number of hydrogen-bond donors (Lipinski definition) is 1. The Labute approximate surface area is 202 Å². The number of nitrogens with one attached hydrogen (secondary N) is 1. The molecule has 0 saturated carbocycles. The Morgan fingerprint density at radius 3 is 2.12 bits per heavy atom. The first-order chi connectivity index (χ1) is 15.9. The van der Waals surface area contributed by atoms with Crippen LogP contribution in [-0.2, 0) is 10.8 Å².